The highest BCUT2D eigenvalue weighted by atomic mass is 32.2. The number of hydrogen-bond acceptors (Lipinski definition) is 4. The van der Waals surface area contributed by atoms with Crippen molar-refractivity contribution < 1.29 is 14.3 Å². The fourth-order valence-corrected chi connectivity index (χ4v) is 2.31. The highest BCUT2D eigenvalue weighted by Crippen LogP contribution is 2.23. The molecule has 3 nitrogen and oxygen atoms in total. The third-order valence-electron chi connectivity index (χ3n) is 2.38. The maximum atomic E-state index is 11.8. The van der Waals surface area contributed by atoms with E-state index in [1.165, 1.54) is 11.8 Å². The number of esters is 1. The highest BCUT2D eigenvalue weighted by Gasteiger charge is 2.19. The van der Waals surface area contributed by atoms with Crippen molar-refractivity contribution in [2.75, 3.05) is 0 Å². The van der Waals surface area contributed by atoms with Crippen LogP contribution in [0.4, 0.5) is 0 Å². The van der Waals surface area contributed by atoms with E-state index in [9.17, 15) is 9.59 Å². The van der Waals surface area contributed by atoms with Crippen LogP contribution in [0.25, 0.3) is 0 Å². The minimum Gasteiger partial charge on any atom is -0.454 e. The minimum absolute atomic E-state index is 0.313. The summed E-state index contributed by atoms with van der Waals surface area (Å²) >= 11 is 1.43. The second-order valence-electron chi connectivity index (χ2n) is 3.97. The zero-order valence-electron chi connectivity index (χ0n) is 10.7. The fraction of sp³-hybridized carbons (Fsp3) is 0.429. The summed E-state index contributed by atoms with van der Waals surface area (Å²) in [7, 11) is 0. The first kappa shape index (κ1) is 14.8. The first-order valence-electron chi connectivity index (χ1n) is 6.04. The maximum absolute atomic E-state index is 11.8. The summed E-state index contributed by atoms with van der Waals surface area (Å²) in [6.07, 6.45) is 1.48. The number of thioether (sulfide) groups is 1. The van der Waals surface area contributed by atoms with Crippen molar-refractivity contribution in [3.63, 3.8) is 0 Å². The van der Waals surface area contributed by atoms with Gasteiger partial charge in [-0.15, -0.1) is 11.8 Å². The molecule has 1 rings (SSSR count). The van der Waals surface area contributed by atoms with Crippen LogP contribution in [-0.4, -0.2) is 23.6 Å². The molecule has 98 valence electrons. The largest absolute Gasteiger partial charge is 0.454 e. The van der Waals surface area contributed by atoms with E-state index in [1.54, 1.807) is 6.92 Å². The van der Waals surface area contributed by atoms with Gasteiger partial charge in [0, 0.05) is 4.90 Å². The molecule has 0 aliphatic heterocycles. The minimum atomic E-state index is -0.610. The summed E-state index contributed by atoms with van der Waals surface area (Å²) in [6, 6.07) is 9.66. The normalized spacial score (nSPS) is 13.7. The molecule has 0 spiro atoms. The van der Waals surface area contributed by atoms with Crippen molar-refractivity contribution >= 4 is 24.0 Å². The molecule has 1 unspecified atom stereocenters. The molecule has 0 amide bonds. The lowest BCUT2D eigenvalue weighted by molar-refractivity contribution is -0.151. The van der Waals surface area contributed by atoms with Crippen molar-refractivity contribution in [1.82, 2.24) is 0 Å². The Labute approximate surface area is 112 Å². The number of aldehydes is 1. The van der Waals surface area contributed by atoms with Gasteiger partial charge >= 0.3 is 5.97 Å². The average Bonchev–Trinajstić information content (AvgIpc) is 2.39. The second kappa shape index (κ2) is 7.93. The van der Waals surface area contributed by atoms with Gasteiger partial charge in [0.05, 0.1) is 0 Å². The van der Waals surface area contributed by atoms with E-state index in [0.29, 0.717) is 12.7 Å². The van der Waals surface area contributed by atoms with Crippen molar-refractivity contribution in [1.29, 1.82) is 0 Å². The van der Waals surface area contributed by atoms with E-state index in [0.717, 1.165) is 11.3 Å². The van der Waals surface area contributed by atoms with Crippen molar-refractivity contribution in [2.24, 2.45) is 0 Å². The predicted octanol–water partition coefficient (Wildman–Crippen LogP) is 3.08. The molecular formula is C14H18O3S. The van der Waals surface area contributed by atoms with Gasteiger partial charge in [-0.25, -0.2) is 0 Å². The molecule has 0 N–H and O–H groups in total. The molecule has 1 aromatic rings. The number of ether oxygens (including phenoxy) is 1. The van der Waals surface area contributed by atoms with Crippen LogP contribution in [0.2, 0.25) is 0 Å². The van der Waals surface area contributed by atoms with Gasteiger partial charge < -0.3 is 4.74 Å². The van der Waals surface area contributed by atoms with Crippen LogP contribution < -0.4 is 0 Å². The molecule has 0 radical (unpaired) electrons. The van der Waals surface area contributed by atoms with E-state index in [1.807, 2.05) is 37.3 Å². The molecule has 2 atom stereocenters. The Morgan fingerprint density at radius 1 is 1.39 bits per heavy atom. The predicted molar refractivity (Wildman–Crippen MR) is 72.6 cm³/mol. The van der Waals surface area contributed by atoms with Crippen molar-refractivity contribution in [3.05, 3.63) is 30.3 Å². The monoisotopic (exact) mass is 266 g/mol. The standard InChI is InChI=1S/C14H18O3S/c1-3-7-12(10-15)17-14(16)11(2)18-13-8-5-4-6-9-13/h4-6,8-12H,3,7H2,1-2H3/t11?,12-/m1/s1. The Kier molecular flexibility index (Phi) is 6.50. The van der Waals surface area contributed by atoms with Gasteiger partial charge in [-0.05, 0) is 25.5 Å². The molecule has 0 saturated heterocycles. The van der Waals surface area contributed by atoms with Gasteiger partial charge in [0.2, 0.25) is 0 Å². The fourth-order valence-electron chi connectivity index (χ4n) is 1.44. The van der Waals surface area contributed by atoms with Gasteiger partial charge in [0.1, 0.15) is 5.25 Å². The number of rotatable bonds is 7. The summed E-state index contributed by atoms with van der Waals surface area (Å²) < 4.78 is 5.15. The third kappa shape index (κ3) is 4.92. The van der Waals surface area contributed by atoms with Gasteiger partial charge in [-0.1, -0.05) is 31.5 Å². The van der Waals surface area contributed by atoms with Crippen molar-refractivity contribution in [3.8, 4) is 0 Å². The number of carbonyl (C=O) groups excluding carboxylic acids is 2. The van der Waals surface area contributed by atoms with Gasteiger partial charge in [0.15, 0.2) is 12.4 Å². The summed E-state index contributed by atoms with van der Waals surface area (Å²) in [5, 5.41) is -0.313. The highest BCUT2D eigenvalue weighted by molar-refractivity contribution is 8.00. The summed E-state index contributed by atoms with van der Waals surface area (Å²) in [5.41, 5.74) is 0. The zero-order valence-corrected chi connectivity index (χ0v) is 11.5. The lowest BCUT2D eigenvalue weighted by Gasteiger charge is -2.15. The van der Waals surface area contributed by atoms with E-state index in [2.05, 4.69) is 0 Å². The van der Waals surface area contributed by atoms with Crippen LogP contribution in [0.5, 0.6) is 0 Å². The van der Waals surface area contributed by atoms with Crippen LogP contribution in [0.3, 0.4) is 0 Å². The summed E-state index contributed by atoms with van der Waals surface area (Å²) in [5.74, 6) is -0.339. The Morgan fingerprint density at radius 2 is 2.06 bits per heavy atom. The topological polar surface area (TPSA) is 43.4 Å². The number of hydrogen-bond donors (Lipinski definition) is 0. The molecule has 18 heavy (non-hydrogen) atoms. The quantitative estimate of drug-likeness (QED) is 0.432. The lowest BCUT2D eigenvalue weighted by Crippen LogP contribution is -2.25. The molecule has 1 aromatic carbocycles. The Bertz CT molecular complexity index is 378. The number of carbonyl (C=O) groups is 2. The molecule has 4 heteroatoms. The van der Waals surface area contributed by atoms with E-state index in [4.69, 9.17) is 4.74 Å². The van der Waals surface area contributed by atoms with E-state index >= 15 is 0 Å². The van der Waals surface area contributed by atoms with Crippen LogP contribution in [0.1, 0.15) is 26.7 Å². The first-order chi connectivity index (χ1) is 8.67. The van der Waals surface area contributed by atoms with E-state index in [-0.39, 0.29) is 11.2 Å². The lowest BCUT2D eigenvalue weighted by atomic mass is 10.2. The van der Waals surface area contributed by atoms with Crippen LogP contribution in [0.15, 0.2) is 35.2 Å². The van der Waals surface area contributed by atoms with E-state index < -0.39 is 6.10 Å². The van der Waals surface area contributed by atoms with Gasteiger partial charge in [-0.2, -0.15) is 0 Å². The first-order valence-corrected chi connectivity index (χ1v) is 6.92. The molecule has 0 aliphatic rings. The third-order valence-corrected chi connectivity index (χ3v) is 3.47. The average molecular weight is 266 g/mol. The molecular weight excluding hydrogens is 248 g/mol. The zero-order chi connectivity index (χ0) is 13.4. The molecule has 0 heterocycles. The van der Waals surface area contributed by atoms with Crippen LogP contribution in [-0.2, 0) is 14.3 Å². The molecule has 0 aromatic heterocycles. The molecule has 0 bridgehead atoms. The molecule has 0 fully saturated rings. The SMILES string of the molecule is CCC[C@H](C=O)OC(=O)C(C)Sc1ccccc1. The van der Waals surface area contributed by atoms with Crippen molar-refractivity contribution in [2.45, 2.75) is 42.9 Å². The van der Waals surface area contributed by atoms with Gasteiger partial charge in [-0.3, -0.25) is 9.59 Å². The Morgan fingerprint density at radius 3 is 2.61 bits per heavy atom. The molecule has 0 saturated carbocycles. The smallest absolute Gasteiger partial charge is 0.319 e. The maximum Gasteiger partial charge on any atom is 0.319 e. The Hall–Kier alpha value is -1.29. The second-order valence-corrected chi connectivity index (χ2v) is 5.39. The number of benzene rings is 1. The van der Waals surface area contributed by atoms with Gasteiger partial charge in [0.25, 0.3) is 0 Å². The summed E-state index contributed by atoms with van der Waals surface area (Å²) in [4.78, 5) is 23.5. The Balaban J connectivity index is 2.48. The molecule has 0 aliphatic carbocycles. The van der Waals surface area contributed by atoms with Crippen LogP contribution >= 0.6 is 11.8 Å². The summed E-state index contributed by atoms with van der Waals surface area (Å²) in [6.45, 7) is 3.74. The van der Waals surface area contributed by atoms with Crippen LogP contribution in [0, 0.1) is 0 Å².